The van der Waals surface area contributed by atoms with Crippen LogP contribution in [0.15, 0.2) is 23.8 Å². The molecule has 0 aromatic heterocycles. The number of carbonyl (C=O) groups is 1. The number of nitrogens with zero attached hydrogens (tertiary/aromatic N) is 1. The summed E-state index contributed by atoms with van der Waals surface area (Å²) in [6.45, 7) is 3.57. The lowest BCUT2D eigenvalue weighted by Crippen LogP contribution is -2.36. The van der Waals surface area contributed by atoms with E-state index < -0.39 is 5.97 Å². The van der Waals surface area contributed by atoms with Crippen LogP contribution in [0, 0.1) is 0 Å². The molecule has 3 rings (SSSR count). The van der Waals surface area contributed by atoms with E-state index >= 15 is 0 Å². The predicted octanol–water partition coefficient (Wildman–Crippen LogP) is 1.77. The highest BCUT2D eigenvalue weighted by molar-refractivity contribution is 5.93. The molecule has 5 heteroatoms. The summed E-state index contributed by atoms with van der Waals surface area (Å²) >= 11 is 0. The number of hydrogen-bond acceptors (Lipinski definition) is 4. The molecule has 2 aliphatic heterocycles. The Kier molecular flexibility index (Phi) is 3.60. The van der Waals surface area contributed by atoms with Crippen molar-refractivity contribution in [3.8, 4) is 5.75 Å². The average molecular weight is 275 g/mol. The third-order valence-electron chi connectivity index (χ3n) is 3.60. The summed E-state index contributed by atoms with van der Waals surface area (Å²) in [4.78, 5) is 13.4. The van der Waals surface area contributed by atoms with Crippen molar-refractivity contribution in [2.45, 2.75) is 6.42 Å². The van der Waals surface area contributed by atoms with E-state index in [1.165, 1.54) is 0 Å². The predicted molar refractivity (Wildman–Crippen MR) is 75.2 cm³/mol. The molecule has 106 valence electrons. The van der Waals surface area contributed by atoms with Crippen molar-refractivity contribution in [2.75, 3.05) is 37.8 Å². The Morgan fingerprint density at radius 1 is 1.20 bits per heavy atom. The fourth-order valence-corrected chi connectivity index (χ4v) is 2.50. The van der Waals surface area contributed by atoms with Gasteiger partial charge in [0.1, 0.15) is 5.75 Å². The van der Waals surface area contributed by atoms with Gasteiger partial charge in [0, 0.05) is 36.3 Å². The maximum atomic E-state index is 11.2. The van der Waals surface area contributed by atoms with Crippen molar-refractivity contribution >= 4 is 17.7 Å². The molecule has 0 amide bonds. The number of fused-ring (bicyclic) bond motifs is 1. The van der Waals surface area contributed by atoms with Gasteiger partial charge < -0.3 is 19.5 Å². The molecule has 0 unspecified atom stereocenters. The van der Waals surface area contributed by atoms with Gasteiger partial charge in [-0.2, -0.15) is 0 Å². The van der Waals surface area contributed by atoms with Crippen LogP contribution in [0.4, 0.5) is 5.69 Å². The van der Waals surface area contributed by atoms with Gasteiger partial charge in [0.05, 0.1) is 19.8 Å². The first-order valence-corrected chi connectivity index (χ1v) is 6.77. The molecule has 0 spiro atoms. The lowest BCUT2D eigenvalue weighted by atomic mass is 10.1. The minimum atomic E-state index is -0.877. The Hall–Kier alpha value is -2.01. The molecule has 0 atom stereocenters. The van der Waals surface area contributed by atoms with E-state index in [-0.39, 0.29) is 0 Å². The van der Waals surface area contributed by atoms with Gasteiger partial charge in [-0.05, 0) is 24.3 Å². The third-order valence-corrected chi connectivity index (χ3v) is 3.60. The van der Waals surface area contributed by atoms with Crippen molar-refractivity contribution in [1.29, 1.82) is 0 Å². The van der Waals surface area contributed by atoms with Gasteiger partial charge in [-0.25, -0.2) is 4.79 Å². The Balaban J connectivity index is 1.93. The largest absolute Gasteiger partial charge is 0.493 e. The Morgan fingerprint density at radius 2 is 2.00 bits per heavy atom. The zero-order valence-corrected chi connectivity index (χ0v) is 11.2. The first-order valence-electron chi connectivity index (χ1n) is 6.77. The number of anilines is 1. The van der Waals surface area contributed by atoms with Crippen LogP contribution in [-0.4, -0.2) is 44.0 Å². The van der Waals surface area contributed by atoms with Gasteiger partial charge in [-0.3, -0.25) is 0 Å². The number of rotatable bonds is 2. The van der Waals surface area contributed by atoms with E-state index in [0.717, 1.165) is 43.3 Å². The number of benzene rings is 1. The second kappa shape index (κ2) is 5.54. The monoisotopic (exact) mass is 275 g/mol. The van der Waals surface area contributed by atoms with Gasteiger partial charge >= 0.3 is 5.97 Å². The Bertz CT molecular complexity index is 547. The number of morpholine rings is 1. The molecule has 0 bridgehead atoms. The summed E-state index contributed by atoms with van der Waals surface area (Å²) in [7, 11) is 0. The molecule has 1 aromatic rings. The van der Waals surface area contributed by atoms with Crippen LogP contribution >= 0.6 is 0 Å². The van der Waals surface area contributed by atoms with Gasteiger partial charge in [0.15, 0.2) is 0 Å². The minimum absolute atomic E-state index is 0.392. The number of ether oxygens (including phenoxy) is 2. The van der Waals surface area contributed by atoms with Crippen LogP contribution in [0.5, 0.6) is 5.75 Å². The van der Waals surface area contributed by atoms with Crippen molar-refractivity contribution in [3.05, 3.63) is 29.3 Å². The lowest BCUT2D eigenvalue weighted by Gasteiger charge is -2.29. The molecule has 1 N–H and O–H groups in total. The third kappa shape index (κ3) is 2.63. The molecule has 1 aromatic carbocycles. The molecule has 1 saturated heterocycles. The summed E-state index contributed by atoms with van der Waals surface area (Å²) < 4.78 is 11.0. The maximum Gasteiger partial charge on any atom is 0.331 e. The molecule has 0 aliphatic carbocycles. The van der Waals surface area contributed by atoms with E-state index in [2.05, 4.69) is 4.90 Å². The van der Waals surface area contributed by atoms with E-state index in [1.807, 2.05) is 18.2 Å². The van der Waals surface area contributed by atoms with Crippen molar-refractivity contribution < 1.29 is 19.4 Å². The zero-order chi connectivity index (χ0) is 13.9. The van der Waals surface area contributed by atoms with Gasteiger partial charge in [0.25, 0.3) is 0 Å². The Morgan fingerprint density at radius 3 is 2.75 bits per heavy atom. The second-order valence-electron chi connectivity index (χ2n) is 4.89. The average Bonchev–Trinajstić information content (AvgIpc) is 2.69. The molecule has 20 heavy (non-hydrogen) atoms. The fraction of sp³-hybridized carbons (Fsp3) is 0.400. The van der Waals surface area contributed by atoms with Crippen LogP contribution in [0.2, 0.25) is 0 Å². The van der Waals surface area contributed by atoms with Crippen molar-refractivity contribution in [3.63, 3.8) is 0 Å². The highest BCUT2D eigenvalue weighted by Gasteiger charge is 2.17. The fourth-order valence-electron chi connectivity index (χ4n) is 2.50. The van der Waals surface area contributed by atoms with Crippen molar-refractivity contribution in [2.24, 2.45) is 0 Å². The van der Waals surface area contributed by atoms with Crippen LogP contribution in [0.25, 0.3) is 6.08 Å². The normalized spacial score (nSPS) is 18.6. The lowest BCUT2D eigenvalue weighted by molar-refractivity contribution is -0.132. The van der Waals surface area contributed by atoms with Crippen LogP contribution < -0.4 is 9.64 Å². The van der Waals surface area contributed by atoms with E-state index in [0.29, 0.717) is 18.6 Å². The molecular formula is C15H17NO4. The van der Waals surface area contributed by atoms with E-state index in [9.17, 15) is 4.79 Å². The SMILES string of the molecule is O=C(O)C1=Cc2cc(N3CCOCC3)ccc2OCC1. The molecule has 0 radical (unpaired) electrons. The standard InChI is InChI=1S/C15H17NO4/c17-15(18)11-3-6-20-14-2-1-13(10-12(14)9-11)16-4-7-19-8-5-16/h1-2,9-10H,3-8H2,(H,17,18). The van der Waals surface area contributed by atoms with Crippen LogP contribution in [-0.2, 0) is 9.53 Å². The maximum absolute atomic E-state index is 11.2. The summed E-state index contributed by atoms with van der Waals surface area (Å²) in [5.74, 6) is -0.128. The highest BCUT2D eigenvalue weighted by atomic mass is 16.5. The van der Waals surface area contributed by atoms with E-state index in [4.69, 9.17) is 14.6 Å². The molecule has 2 heterocycles. The quantitative estimate of drug-likeness (QED) is 0.891. The zero-order valence-electron chi connectivity index (χ0n) is 11.2. The van der Waals surface area contributed by atoms with E-state index in [1.54, 1.807) is 6.08 Å². The molecule has 2 aliphatic rings. The van der Waals surface area contributed by atoms with Gasteiger partial charge in [-0.15, -0.1) is 0 Å². The summed E-state index contributed by atoms with van der Waals surface area (Å²) in [5.41, 5.74) is 2.31. The minimum Gasteiger partial charge on any atom is -0.493 e. The van der Waals surface area contributed by atoms with Gasteiger partial charge in [0.2, 0.25) is 0 Å². The Labute approximate surface area is 117 Å². The van der Waals surface area contributed by atoms with Gasteiger partial charge in [-0.1, -0.05) is 0 Å². The smallest absolute Gasteiger partial charge is 0.331 e. The summed E-state index contributed by atoms with van der Waals surface area (Å²) in [6.07, 6.45) is 2.14. The molecule has 1 fully saturated rings. The summed E-state index contributed by atoms with van der Waals surface area (Å²) in [6, 6.07) is 5.93. The summed E-state index contributed by atoms with van der Waals surface area (Å²) in [5, 5.41) is 9.16. The molecule has 0 saturated carbocycles. The first kappa shape index (κ1) is 13.0. The topological polar surface area (TPSA) is 59.0 Å². The van der Waals surface area contributed by atoms with Crippen LogP contribution in [0.1, 0.15) is 12.0 Å². The number of carboxylic acids is 1. The van der Waals surface area contributed by atoms with Crippen LogP contribution in [0.3, 0.4) is 0 Å². The molecule has 5 nitrogen and oxygen atoms in total. The number of aliphatic carboxylic acids is 1. The highest BCUT2D eigenvalue weighted by Crippen LogP contribution is 2.30. The first-order chi connectivity index (χ1) is 9.74. The van der Waals surface area contributed by atoms with Crippen molar-refractivity contribution in [1.82, 2.24) is 0 Å². The number of carboxylic acid groups (broad SMARTS) is 1. The molecular weight excluding hydrogens is 258 g/mol. The number of hydrogen-bond donors (Lipinski definition) is 1. The second-order valence-corrected chi connectivity index (χ2v) is 4.89.